The zero-order chi connectivity index (χ0) is 22.4. The van der Waals surface area contributed by atoms with Crippen molar-refractivity contribution in [2.45, 2.75) is 85.7 Å². The van der Waals surface area contributed by atoms with Gasteiger partial charge in [0.15, 0.2) is 0 Å². The Balaban J connectivity index is 1.35. The molecule has 0 atom stereocenters. The number of aromatic nitrogens is 8. The van der Waals surface area contributed by atoms with Crippen molar-refractivity contribution < 1.29 is 9.47 Å². The van der Waals surface area contributed by atoms with Gasteiger partial charge < -0.3 is 9.47 Å². The highest BCUT2D eigenvalue weighted by atomic mass is 16.5. The van der Waals surface area contributed by atoms with Crippen LogP contribution >= 0.6 is 0 Å². The van der Waals surface area contributed by atoms with Gasteiger partial charge in [0, 0.05) is 39.5 Å². The van der Waals surface area contributed by atoms with Crippen molar-refractivity contribution in [2.24, 2.45) is 10.8 Å². The minimum Gasteiger partial charge on any atom is -0.381 e. The smallest absolute Gasteiger partial charge is 0.138 e. The molecule has 31 heavy (non-hydrogen) atoms. The topological polar surface area (TPSA) is 106 Å². The van der Waals surface area contributed by atoms with E-state index in [9.17, 15) is 0 Å². The lowest BCUT2D eigenvalue weighted by Crippen LogP contribution is -2.20. The van der Waals surface area contributed by atoms with Gasteiger partial charge in [-0.1, -0.05) is 40.5 Å². The van der Waals surface area contributed by atoms with Crippen molar-refractivity contribution in [1.82, 2.24) is 40.4 Å². The van der Waals surface area contributed by atoms with E-state index in [-0.39, 0.29) is 10.8 Å². The van der Waals surface area contributed by atoms with Crippen molar-refractivity contribution in [3.63, 3.8) is 0 Å². The summed E-state index contributed by atoms with van der Waals surface area (Å²) in [5.74, 6) is 0. The lowest BCUT2D eigenvalue weighted by Gasteiger charge is -2.23. The largest absolute Gasteiger partial charge is 0.381 e. The Morgan fingerprint density at radius 1 is 0.613 bits per heavy atom. The van der Waals surface area contributed by atoms with Gasteiger partial charge >= 0.3 is 0 Å². The molecule has 0 saturated carbocycles. The maximum Gasteiger partial charge on any atom is 0.138 e. The molecular formula is C21H40N8O2. The summed E-state index contributed by atoms with van der Waals surface area (Å²) in [6.07, 6.45) is 11.0. The highest BCUT2D eigenvalue weighted by molar-refractivity contribution is 4.70. The van der Waals surface area contributed by atoms with Crippen LogP contribution in [0.15, 0.2) is 12.7 Å². The minimum absolute atomic E-state index is 0.187. The first-order valence-electron chi connectivity index (χ1n) is 11.4. The quantitative estimate of drug-likeness (QED) is 0.328. The third-order valence-electron chi connectivity index (χ3n) is 5.32. The van der Waals surface area contributed by atoms with Gasteiger partial charge in [-0.05, 0) is 63.8 Å². The van der Waals surface area contributed by atoms with E-state index in [1.54, 1.807) is 22.0 Å². The van der Waals surface area contributed by atoms with Crippen LogP contribution in [0.5, 0.6) is 0 Å². The van der Waals surface area contributed by atoms with Crippen LogP contribution in [-0.4, -0.2) is 66.8 Å². The van der Waals surface area contributed by atoms with Gasteiger partial charge in [-0.2, -0.15) is 0 Å². The average molecular weight is 437 g/mol. The summed E-state index contributed by atoms with van der Waals surface area (Å²) in [7, 11) is 0. The van der Waals surface area contributed by atoms with Crippen LogP contribution in [0.3, 0.4) is 0 Å². The van der Waals surface area contributed by atoms with Crippen LogP contribution in [0.4, 0.5) is 0 Å². The molecule has 0 N–H and O–H groups in total. The summed E-state index contributed by atoms with van der Waals surface area (Å²) in [4.78, 5) is 0. The van der Waals surface area contributed by atoms with E-state index in [0.717, 1.165) is 84.5 Å². The average Bonchev–Trinajstić information content (AvgIpc) is 3.39. The molecular weight excluding hydrogens is 396 g/mol. The third kappa shape index (κ3) is 11.9. The number of tetrazole rings is 2. The van der Waals surface area contributed by atoms with Crippen LogP contribution in [-0.2, 0) is 22.6 Å². The lowest BCUT2D eigenvalue weighted by atomic mass is 9.87. The van der Waals surface area contributed by atoms with Crippen LogP contribution in [0.25, 0.3) is 0 Å². The van der Waals surface area contributed by atoms with Crippen molar-refractivity contribution in [3.8, 4) is 0 Å². The molecule has 0 unspecified atom stereocenters. The molecule has 2 rings (SSSR count). The normalized spacial score (nSPS) is 12.5. The zero-order valence-electron chi connectivity index (χ0n) is 19.7. The van der Waals surface area contributed by atoms with E-state index in [1.165, 1.54) is 0 Å². The van der Waals surface area contributed by atoms with Crippen LogP contribution in [0.2, 0.25) is 0 Å². The fourth-order valence-electron chi connectivity index (χ4n) is 3.62. The fourth-order valence-corrected chi connectivity index (χ4v) is 3.62. The van der Waals surface area contributed by atoms with Gasteiger partial charge in [0.25, 0.3) is 0 Å². The molecule has 10 heteroatoms. The summed E-state index contributed by atoms with van der Waals surface area (Å²) in [5.41, 5.74) is 0.373. The SMILES string of the molecule is CC(C)(CCCCOCCCOCCCCC(C)(C)Cn1cnnn1)Cn1cnnn1. The second-order valence-corrected chi connectivity index (χ2v) is 9.84. The van der Waals surface area contributed by atoms with Crippen LogP contribution in [0.1, 0.15) is 72.6 Å². The van der Waals surface area contributed by atoms with Gasteiger partial charge in [0.2, 0.25) is 0 Å². The zero-order valence-corrected chi connectivity index (χ0v) is 19.7. The summed E-state index contributed by atoms with van der Waals surface area (Å²) in [6.45, 7) is 13.9. The van der Waals surface area contributed by atoms with E-state index >= 15 is 0 Å². The first-order valence-corrected chi connectivity index (χ1v) is 11.4. The highest BCUT2D eigenvalue weighted by Crippen LogP contribution is 2.25. The number of hydrogen-bond acceptors (Lipinski definition) is 8. The Morgan fingerprint density at radius 2 is 1.03 bits per heavy atom. The lowest BCUT2D eigenvalue weighted by molar-refractivity contribution is 0.0773. The van der Waals surface area contributed by atoms with Gasteiger partial charge in [-0.3, -0.25) is 0 Å². The fraction of sp³-hybridized carbons (Fsp3) is 0.905. The number of hydrogen-bond donors (Lipinski definition) is 0. The third-order valence-corrected chi connectivity index (χ3v) is 5.32. The number of ether oxygens (including phenoxy) is 2. The highest BCUT2D eigenvalue weighted by Gasteiger charge is 2.19. The summed E-state index contributed by atoms with van der Waals surface area (Å²) in [5, 5.41) is 22.7. The van der Waals surface area contributed by atoms with E-state index in [1.807, 2.05) is 0 Å². The molecule has 0 aliphatic rings. The summed E-state index contributed by atoms with van der Waals surface area (Å²) < 4.78 is 15.1. The number of rotatable bonds is 18. The predicted octanol–water partition coefficient (Wildman–Crippen LogP) is 3.18. The second-order valence-electron chi connectivity index (χ2n) is 9.84. The second kappa shape index (κ2) is 13.5. The van der Waals surface area contributed by atoms with Crippen LogP contribution in [0, 0.1) is 10.8 Å². The molecule has 0 aliphatic heterocycles. The maximum absolute atomic E-state index is 5.74. The van der Waals surface area contributed by atoms with Gasteiger partial charge in [0.1, 0.15) is 12.7 Å². The molecule has 0 bridgehead atoms. The molecule has 0 radical (unpaired) electrons. The molecule has 0 aromatic carbocycles. The van der Waals surface area contributed by atoms with Crippen LogP contribution < -0.4 is 0 Å². The number of nitrogens with zero attached hydrogens (tertiary/aromatic N) is 8. The van der Waals surface area contributed by atoms with E-state index < -0.39 is 0 Å². The molecule has 10 nitrogen and oxygen atoms in total. The minimum atomic E-state index is 0.187. The molecule has 176 valence electrons. The monoisotopic (exact) mass is 436 g/mol. The maximum atomic E-state index is 5.74. The first-order chi connectivity index (χ1) is 14.9. The Labute approximate surface area is 186 Å². The first kappa shape index (κ1) is 25.3. The molecule has 0 saturated heterocycles. The van der Waals surface area contributed by atoms with Gasteiger partial charge in [-0.25, -0.2) is 9.36 Å². The molecule has 0 spiro atoms. The Hall–Kier alpha value is -1.94. The van der Waals surface area contributed by atoms with Crippen molar-refractivity contribution in [3.05, 3.63) is 12.7 Å². The summed E-state index contributed by atoms with van der Waals surface area (Å²) in [6, 6.07) is 0. The standard InChI is InChI=1S/C21H40N8O2/c1-20(2,16-28-18-22-24-26-28)10-5-7-12-30-14-9-15-31-13-8-6-11-21(3,4)17-29-19-23-25-27-29/h18-19H,5-17H2,1-4H3. The molecule has 0 amide bonds. The van der Waals surface area contributed by atoms with Gasteiger partial charge in [-0.15, -0.1) is 10.2 Å². The van der Waals surface area contributed by atoms with Crippen molar-refractivity contribution in [1.29, 1.82) is 0 Å². The Bertz CT molecular complexity index is 615. The Kier molecular flexibility index (Phi) is 11.0. The van der Waals surface area contributed by atoms with Gasteiger partial charge in [0.05, 0.1) is 0 Å². The van der Waals surface area contributed by atoms with E-state index in [2.05, 4.69) is 58.7 Å². The van der Waals surface area contributed by atoms with E-state index in [0.29, 0.717) is 0 Å². The van der Waals surface area contributed by atoms with E-state index in [4.69, 9.17) is 9.47 Å². The molecule has 0 aliphatic carbocycles. The Morgan fingerprint density at radius 3 is 1.42 bits per heavy atom. The summed E-state index contributed by atoms with van der Waals surface area (Å²) >= 11 is 0. The van der Waals surface area contributed by atoms with Crippen molar-refractivity contribution in [2.75, 3.05) is 26.4 Å². The molecule has 0 fully saturated rings. The molecule has 2 aromatic heterocycles. The number of unbranched alkanes of at least 4 members (excludes halogenated alkanes) is 2. The molecule has 2 heterocycles. The molecule has 2 aromatic rings. The predicted molar refractivity (Wildman–Crippen MR) is 117 cm³/mol. The van der Waals surface area contributed by atoms with Crippen molar-refractivity contribution >= 4 is 0 Å².